The largest absolute Gasteiger partial charge is 0.457 e. The fourth-order valence-electron chi connectivity index (χ4n) is 6.66. The molecule has 5 rings (SSSR count). The molecule has 2 fully saturated rings. The number of likely N-dealkylation sites (tertiary alicyclic amines) is 1. The lowest BCUT2D eigenvalue weighted by molar-refractivity contribution is -0.150. The second kappa shape index (κ2) is 10.9. The first kappa shape index (κ1) is 24.7. The van der Waals surface area contributed by atoms with E-state index in [1.54, 1.807) is 0 Å². The third-order valence-corrected chi connectivity index (χ3v) is 8.43. The lowest BCUT2D eigenvalue weighted by Gasteiger charge is -2.58. The van der Waals surface area contributed by atoms with Crippen LogP contribution in [0.4, 0.5) is 4.79 Å². The SMILES string of the molecule is CCCCC(=O)OCOc1ccc2c(c1)[C@]13CCCC[C@@H]1[C@@H](C2)N(C(=O)OCc1ccccc1)CC3. The van der Waals surface area contributed by atoms with Crippen LogP contribution < -0.4 is 4.74 Å². The van der Waals surface area contributed by atoms with Crippen molar-refractivity contribution in [2.75, 3.05) is 13.3 Å². The second-order valence-electron chi connectivity index (χ2n) is 10.5. The Labute approximate surface area is 213 Å². The fraction of sp³-hybridized carbons (Fsp3) is 0.533. The number of unbranched alkanes of at least 4 members (excludes halogenated alkanes) is 1. The minimum Gasteiger partial charge on any atom is -0.457 e. The van der Waals surface area contributed by atoms with Crippen molar-refractivity contribution in [1.82, 2.24) is 4.90 Å². The number of carbonyl (C=O) groups is 2. The maximum absolute atomic E-state index is 13.2. The third kappa shape index (κ3) is 4.95. The van der Waals surface area contributed by atoms with E-state index >= 15 is 0 Å². The first-order chi connectivity index (χ1) is 17.6. The number of rotatable bonds is 8. The number of hydrogen-bond donors (Lipinski definition) is 0. The Morgan fingerprint density at radius 2 is 1.92 bits per heavy atom. The molecule has 2 aliphatic carbocycles. The van der Waals surface area contributed by atoms with Crippen LogP contribution in [-0.4, -0.2) is 36.3 Å². The van der Waals surface area contributed by atoms with Crippen LogP contribution in [0.25, 0.3) is 0 Å². The van der Waals surface area contributed by atoms with Crippen LogP contribution in [0.2, 0.25) is 0 Å². The number of carbonyl (C=O) groups excluding carboxylic acids is 2. The zero-order valence-electron chi connectivity index (χ0n) is 21.2. The van der Waals surface area contributed by atoms with Gasteiger partial charge < -0.3 is 19.1 Å². The molecule has 1 aliphatic heterocycles. The fourth-order valence-corrected chi connectivity index (χ4v) is 6.66. The van der Waals surface area contributed by atoms with Crippen molar-refractivity contribution in [2.45, 2.75) is 82.8 Å². The zero-order chi connectivity index (χ0) is 25.0. The molecule has 6 heteroatoms. The molecular formula is C30H37NO5. The summed E-state index contributed by atoms with van der Waals surface area (Å²) < 4.78 is 16.9. The molecule has 1 heterocycles. The van der Waals surface area contributed by atoms with Crippen LogP contribution in [0.1, 0.15) is 75.0 Å². The van der Waals surface area contributed by atoms with E-state index in [0.29, 0.717) is 25.5 Å². The zero-order valence-corrected chi connectivity index (χ0v) is 21.2. The Morgan fingerprint density at radius 3 is 2.75 bits per heavy atom. The molecule has 0 radical (unpaired) electrons. The van der Waals surface area contributed by atoms with Crippen LogP contribution in [0, 0.1) is 5.92 Å². The Morgan fingerprint density at radius 1 is 1.06 bits per heavy atom. The van der Waals surface area contributed by atoms with E-state index in [2.05, 4.69) is 19.1 Å². The van der Waals surface area contributed by atoms with Crippen molar-refractivity contribution in [3.63, 3.8) is 0 Å². The van der Waals surface area contributed by atoms with Crippen molar-refractivity contribution in [3.8, 4) is 5.75 Å². The minimum absolute atomic E-state index is 0.0541. The highest BCUT2D eigenvalue weighted by Crippen LogP contribution is 2.56. The predicted octanol–water partition coefficient (Wildman–Crippen LogP) is 6.15. The number of ether oxygens (including phenoxy) is 3. The topological polar surface area (TPSA) is 65.1 Å². The van der Waals surface area contributed by atoms with Crippen LogP contribution >= 0.6 is 0 Å². The lowest BCUT2D eigenvalue weighted by atomic mass is 9.52. The summed E-state index contributed by atoms with van der Waals surface area (Å²) in [5.74, 6) is 0.966. The number of hydrogen-bond acceptors (Lipinski definition) is 5. The highest BCUT2D eigenvalue weighted by atomic mass is 16.7. The summed E-state index contributed by atoms with van der Waals surface area (Å²) >= 11 is 0. The molecule has 192 valence electrons. The highest BCUT2D eigenvalue weighted by molar-refractivity contribution is 5.69. The van der Waals surface area contributed by atoms with Gasteiger partial charge in [0.15, 0.2) is 0 Å². The van der Waals surface area contributed by atoms with Gasteiger partial charge in [0.1, 0.15) is 12.4 Å². The molecule has 6 nitrogen and oxygen atoms in total. The van der Waals surface area contributed by atoms with Gasteiger partial charge in [-0.15, -0.1) is 0 Å². The summed E-state index contributed by atoms with van der Waals surface area (Å²) in [6.07, 6.45) is 8.50. The number of benzene rings is 2. The van der Waals surface area contributed by atoms with E-state index < -0.39 is 0 Å². The van der Waals surface area contributed by atoms with E-state index in [0.717, 1.165) is 49.8 Å². The van der Waals surface area contributed by atoms with E-state index in [9.17, 15) is 9.59 Å². The van der Waals surface area contributed by atoms with E-state index in [-0.39, 0.29) is 30.3 Å². The van der Waals surface area contributed by atoms with Crippen LogP contribution in [0.3, 0.4) is 0 Å². The van der Waals surface area contributed by atoms with Gasteiger partial charge in [0.2, 0.25) is 6.79 Å². The molecule has 0 N–H and O–H groups in total. The molecule has 0 unspecified atom stereocenters. The molecule has 36 heavy (non-hydrogen) atoms. The first-order valence-electron chi connectivity index (χ1n) is 13.5. The van der Waals surface area contributed by atoms with E-state index in [4.69, 9.17) is 14.2 Å². The summed E-state index contributed by atoms with van der Waals surface area (Å²) in [5.41, 5.74) is 3.75. The summed E-state index contributed by atoms with van der Waals surface area (Å²) in [5, 5.41) is 0. The average molecular weight is 492 g/mol. The van der Waals surface area contributed by atoms with Gasteiger partial charge in [-0.3, -0.25) is 4.79 Å². The lowest BCUT2D eigenvalue weighted by Crippen LogP contribution is -2.62. The standard InChI is InChI=1S/C30H37NO5/c1-2-3-12-28(32)36-21-35-24-14-13-23-18-27-25-11-7-8-15-30(25,26(23)19-24)16-17-31(27)29(33)34-20-22-9-5-4-6-10-22/h4-6,9-10,13-14,19,25,27H,2-3,7-8,11-12,15-18,20-21H2,1H3/t25-,27-,30+/m1/s1. The maximum atomic E-state index is 13.2. The molecule has 3 aliphatic rings. The summed E-state index contributed by atoms with van der Waals surface area (Å²) in [6.45, 7) is 3.02. The van der Waals surface area contributed by atoms with Crippen molar-refractivity contribution in [2.24, 2.45) is 5.92 Å². The van der Waals surface area contributed by atoms with Gasteiger partial charge in [0, 0.05) is 24.4 Å². The minimum atomic E-state index is -0.213. The Balaban J connectivity index is 1.30. The summed E-state index contributed by atoms with van der Waals surface area (Å²) in [4.78, 5) is 27.0. The normalized spacial score (nSPS) is 24.3. The average Bonchev–Trinajstić information content (AvgIpc) is 2.91. The van der Waals surface area contributed by atoms with Crippen molar-refractivity contribution >= 4 is 12.1 Å². The van der Waals surface area contributed by atoms with Gasteiger partial charge in [0.05, 0.1) is 0 Å². The van der Waals surface area contributed by atoms with Crippen LogP contribution in [0.15, 0.2) is 48.5 Å². The molecule has 2 aromatic rings. The van der Waals surface area contributed by atoms with Gasteiger partial charge in [-0.05, 0) is 66.8 Å². The van der Waals surface area contributed by atoms with Gasteiger partial charge in [0.25, 0.3) is 0 Å². The van der Waals surface area contributed by atoms with Gasteiger partial charge in [-0.2, -0.15) is 0 Å². The molecule has 1 saturated heterocycles. The summed E-state index contributed by atoms with van der Waals surface area (Å²) in [7, 11) is 0. The van der Waals surface area contributed by atoms with Gasteiger partial charge in [-0.25, -0.2) is 4.79 Å². The first-order valence-corrected chi connectivity index (χ1v) is 13.5. The Hall–Kier alpha value is -3.02. The maximum Gasteiger partial charge on any atom is 0.410 e. The quantitative estimate of drug-likeness (QED) is 0.327. The van der Waals surface area contributed by atoms with E-state index in [1.165, 1.54) is 24.0 Å². The number of piperidine rings is 1. The van der Waals surface area contributed by atoms with Gasteiger partial charge in [-0.1, -0.05) is 62.6 Å². The monoisotopic (exact) mass is 491 g/mol. The molecule has 2 bridgehead atoms. The summed E-state index contributed by atoms with van der Waals surface area (Å²) in [6, 6.07) is 16.3. The van der Waals surface area contributed by atoms with Crippen molar-refractivity contribution in [1.29, 1.82) is 0 Å². The molecule has 1 saturated carbocycles. The smallest absolute Gasteiger partial charge is 0.410 e. The highest BCUT2D eigenvalue weighted by Gasteiger charge is 2.55. The number of esters is 1. The molecular weight excluding hydrogens is 454 g/mol. The molecule has 3 atom stereocenters. The number of fused-ring (bicyclic) bond motifs is 1. The molecule has 1 amide bonds. The Kier molecular flexibility index (Phi) is 7.49. The molecule has 2 aromatic carbocycles. The number of nitrogens with zero attached hydrogens (tertiary/aromatic N) is 1. The van der Waals surface area contributed by atoms with Crippen LogP contribution in [-0.2, 0) is 32.7 Å². The molecule has 0 aromatic heterocycles. The predicted molar refractivity (Wildman–Crippen MR) is 137 cm³/mol. The van der Waals surface area contributed by atoms with Crippen molar-refractivity contribution < 1.29 is 23.8 Å². The van der Waals surface area contributed by atoms with Crippen molar-refractivity contribution in [3.05, 3.63) is 65.2 Å². The van der Waals surface area contributed by atoms with E-state index in [1.807, 2.05) is 41.3 Å². The molecule has 0 spiro atoms. The van der Waals surface area contributed by atoms with Gasteiger partial charge >= 0.3 is 12.1 Å². The van der Waals surface area contributed by atoms with Crippen LogP contribution in [0.5, 0.6) is 5.75 Å². The Bertz CT molecular complexity index is 1070. The second-order valence-corrected chi connectivity index (χ2v) is 10.5. The number of amides is 1. The third-order valence-electron chi connectivity index (χ3n) is 8.43.